The minimum absolute atomic E-state index is 0.0386. The monoisotopic (exact) mass is 257 g/mol. The quantitative estimate of drug-likeness (QED) is 0.603. The van der Waals surface area contributed by atoms with Crippen LogP contribution in [0, 0.1) is 0 Å². The van der Waals surface area contributed by atoms with E-state index in [9.17, 15) is 4.79 Å². The van der Waals surface area contributed by atoms with Crippen LogP contribution >= 0.6 is 11.6 Å². The standard InChI is InChI=1S/C12H16ClNO3/c1-2-17-12(16)9-3-5-10(6-4-9)14-11(7-13)8-15/h3-6,11,14-15H,2,7-8H2,1H3/t11-/m1/s1. The lowest BCUT2D eigenvalue weighted by Gasteiger charge is -2.14. The van der Waals surface area contributed by atoms with Crippen molar-refractivity contribution in [3.63, 3.8) is 0 Å². The SMILES string of the molecule is CCOC(=O)c1ccc(N[C@@H](CO)CCl)cc1. The van der Waals surface area contributed by atoms with Crippen molar-refractivity contribution in [1.82, 2.24) is 0 Å². The maximum atomic E-state index is 11.4. The second-order valence-electron chi connectivity index (χ2n) is 3.48. The number of aliphatic hydroxyl groups excluding tert-OH is 1. The van der Waals surface area contributed by atoms with Gasteiger partial charge in [-0.25, -0.2) is 4.79 Å². The summed E-state index contributed by atoms with van der Waals surface area (Å²) in [4.78, 5) is 11.4. The van der Waals surface area contributed by atoms with Crippen molar-refractivity contribution in [2.75, 3.05) is 24.4 Å². The third-order valence-electron chi connectivity index (χ3n) is 2.17. The van der Waals surface area contributed by atoms with Crippen LogP contribution in [0.25, 0.3) is 0 Å². The van der Waals surface area contributed by atoms with Crippen LogP contribution in [0.15, 0.2) is 24.3 Å². The highest BCUT2D eigenvalue weighted by atomic mass is 35.5. The Morgan fingerprint density at radius 3 is 2.59 bits per heavy atom. The number of carbonyl (C=O) groups excluding carboxylic acids is 1. The van der Waals surface area contributed by atoms with Gasteiger partial charge in [-0.2, -0.15) is 0 Å². The third kappa shape index (κ3) is 4.24. The molecule has 0 aliphatic carbocycles. The number of anilines is 1. The zero-order valence-electron chi connectivity index (χ0n) is 9.65. The van der Waals surface area contributed by atoms with E-state index in [1.165, 1.54) is 0 Å². The van der Waals surface area contributed by atoms with E-state index in [2.05, 4.69) is 5.32 Å². The van der Waals surface area contributed by atoms with Gasteiger partial charge in [-0.05, 0) is 31.2 Å². The largest absolute Gasteiger partial charge is 0.462 e. The molecular weight excluding hydrogens is 242 g/mol. The van der Waals surface area contributed by atoms with Gasteiger partial charge in [-0.1, -0.05) is 0 Å². The van der Waals surface area contributed by atoms with E-state index in [4.69, 9.17) is 21.4 Å². The number of ether oxygens (including phenoxy) is 1. The van der Waals surface area contributed by atoms with Crippen molar-refractivity contribution < 1.29 is 14.6 Å². The van der Waals surface area contributed by atoms with Crippen molar-refractivity contribution in [3.8, 4) is 0 Å². The van der Waals surface area contributed by atoms with Crippen molar-refractivity contribution in [2.45, 2.75) is 13.0 Å². The van der Waals surface area contributed by atoms with Crippen LogP contribution < -0.4 is 5.32 Å². The Morgan fingerprint density at radius 1 is 1.47 bits per heavy atom. The number of hydrogen-bond acceptors (Lipinski definition) is 4. The number of rotatable bonds is 6. The van der Waals surface area contributed by atoms with E-state index >= 15 is 0 Å². The predicted molar refractivity (Wildman–Crippen MR) is 67.6 cm³/mol. The molecule has 0 spiro atoms. The molecule has 1 rings (SSSR count). The Bertz CT molecular complexity index is 349. The molecule has 0 amide bonds. The van der Waals surface area contributed by atoms with Gasteiger partial charge in [0.15, 0.2) is 0 Å². The van der Waals surface area contributed by atoms with Gasteiger partial charge >= 0.3 is 5.97 Å². The molecule has 1 aromatic carbocycles. The number of carbonyl (C=O) groups is 1. The molecule has 1 aromatic rings. The summed E-state index contributed by atoms with van der Waals surface area (Å²) in [6.07, 6.45) is 0. The predicted octanol–water partition coefficient (Wildman–Crippen LogP) is 1.87. The van der Waals surface area contributed by atoms with E-state index in [-0.39, 0.29) is 18.6 Å². The molecule has 0 unspecified atom stereocenters. The molecule has 1 atom stereocenters. The number of alkyl halides is 1. The molecular formula is C12H16ClNO3. The van der Waals surface area contributed by atoms with Gasteiger partial charge in [0.2, 0.25) is 0 Å². The smallest absolute Gasteiger partial charge is 0.338 e. The van der Waals surface area contributed by atoms with Crippen molar-refractivity contribution in [3.05, 3.63) is 29.8 Å². The van der Waals surface area contributed by atoms with Crippen LogP contribution in [-0.2, 0) is 4.74 Å². The lowest BCUT2D eigenvalue weighted by Crippen LogP contribution is -2.25. The highest BCUT2D eigenvalue weighted by molar-refractivity contribution is 6.18. The summed E-state index contributed by atoms with van der Waals surface area (Å²) in [5.41, 5.74) is 1.31. The highest BCUT2D eigenvalue weighted by Gasteiger charge is 2.08. The average Bonchev–Trinajstić information content (AvgIpc) is 2.37. The molecule has 0 aliphatic heterocycles. The van der Waals surface area contributed by atoms with Gasteiger partial charge < -0.3 is 15.2 Å². The average molecular weight is 258 g/mol. The molecule has 0 bridgehead atoms. The Hall–Kier alpha value is -1.26. The first-order valence-corrected chi connectivity index (χ1v) is 5.95. The number of nitrogens with one attached hydrogen (secondary N) is 1. The first-order valence-electron chi connectivity index (χ1n) is 5.41. The molecule has 0 radical (unpaired) electrons. The van der Waals surface area contributed by atoms with E-state index in [1.807, 2.05) is 0 Å². The van der Waals surface area contributed by atoms with E-state index < -0.39 is 0 Å². The number of esters is 1. The van der Waals surface area contributed by atoms with E-state index in [0.717, 1.165) is 5.69 Å². The molecule has 94 valence electrons. The number of halogens is 1. The topological polar surface area (TPSA) is 58.6 Å². The molecule has 0 heterocycles. The summed E-state index contributed by atoms with van der Waals surface area (Å²) in [6.45, 7) is 2.08. The zero-order valence-corrected chi connectivity index (χ0v) is 10.4. The zero-order chi connectivity index (χ0) is 12.7. The summed E-state index contributed by atoms with van der Waals surface area (Å²) < 4.78 is 4.87. The van der Waals surface area contributed by atoms with Gasteiger partial charge in [0.25, 0.3) is 0 Å². The van der Waals surface area contributed by atoms with E-state index in [1.54, 1.807) is 31.2 Å². The molecule has 4 nitrogen and oxygen atoms in total. The minimum atomic E-state index is -0.338. The second kappa shape index (κ2) is 7.14. The van der Waals surface area contributed by atoms with Crippen LogP contribution in [0.1, 0.15) is 17.3 Å². The second-order valence-corrected chi connectivity index (χ2v) is 3.78. The molecule has 0 aliphatic rings. The summed E-state index contributed by atoms with van der Waals surface area (Å²) in [5.74, 6) is -0.0223. The summed E-state index contributed by atoms with van der Waals surface area (Å²) in [5, 5.41) is 12.0. The van der Waals surface area contributed by atoms with Crippen LogP contribution in [0.5, 0.6) is 0 Å². The summed E-state index contributed by atoms with van der Waals surface area (Å²) in [6, 6.07) is 6.65. The van der Waals surface area contributed by atoms with Gasteiger partial charge in [-0.15, -0.1) is 11.6 Å². The van der Waals surface area contributed by atoms with Gasteiger partial charge in [-0.3, -0.25) is 0 Å². The Labute approximate surface area is 106 Å². The minimum Gasteiger partial charge on any atom is -0.462 e. The maximum absolute atomic E-state index is 11.4. The van der Waals surface area contributed by atoms with Crippen molar-refractivity contribution in [2.24, 2.45) is 0 Å². The lowest BCUT2D eigenvalue weighted by molar-refractivity contribution is 0.0526. The molecule has 0 saturated heterocycles. The molecule has 0 fully saturated rings. The highest BCUT2D eigenvalue weighted by Crippen LogP contribution is 2.12. The van der Waals surface area contributed by atoms with Crippen LogP contribution in [0.2, 0.25) is 0 Å². The molecule has 5 heteroatoms. The first-order chi connectivity index (χ1) is 8.21. The summed E-state index contributed by atoms with van der Waals surface area (Å²) >= 11 is 5.64. The van der Waals surface area contributed by atoms with Crippen molar-refractivity contribution in [1.29, 1.82) is 0 Å². The fourth-order valence-corrected chi connectivity index (χ4v) is 1.46. The fraction of sp³-hybridized carbons (Fsp3) is 0.417. The Balaban J connectivity index is 2.64. The number of aliphatic hydroxyl groups is 1. The van der Waals surface area contributed by atoms with E-state index in [0.29, 0.717) is 18.1 Å². The molecule has 17 heavy (non-hydrogen) atoms. The fourth-order valence-electron chi connectivity index (χ4n) is 1.29. The lowest BCUT2D eigenvalue weighted by atomic mass is 10.2. The normalized spacial score (nSPS) is 11.9. The first kappa shape index (κ1) is 13.8. The van der Waals surface area contributed by atoms with Gasteiger partial charge in [0.05, 0.1) is 24.8 Å². The van der Waals surface area contributed by atoms with Crippen LogP contribution in [0.4, 0.5) is 5.69 Å². The number of hydrogen-bond donors (Lipinski definition) is 2. The van der Waals surface area contributed by atoms with Crippen LogP contribution in [-0.4, -0.2) is 36.2 Å². The number of benzene rings is 1. The molecule has 0 saturated carbocycles. The van der Waals surface area contributed by atoms with Gasteiger partial charge in [0, 0.05) is 11.6 Å². The maximum Gasteiger partial charge on any atom is 0.338 e. The Kier molecular flexibility index (Phi) is 5.80. The molecule has 2 N–H and O–H groups in total. The van der Waals surface area contributed by atoms with Gasteiger partial charge in [0.1, 0.15) is 0 Å². The van der Waals surface area contributed by atoms with Crippen molar-refractivity contribution >= 4 is 23.3 Å². The molecule has 0 aromatic heterocycles. The summed E-state index contributed by atoms with van der Waals surface area (Å²) in [7, 11) is 0. The van der Waals surface area contributed by atoms with Crippen LogP contribution in [0.3, 0.4) is 0 Å². The third-order valence-corrected chi connectivity index (χ3v) is 2.55. The Morgan fingerprint density at radius 2 is 2.12 bits per heavy atom.